The highest BCUT2D eigenvalue weighted by atomic mass is 35.5. The third-order valence-corrected chi connectivity index (χ3v) is 3.15. The average molecular weight is 312 g/mol. The predicted octanol–water partition coefficient (Wildman–Crippen LogP) is 3.59. The van der Waals surface area contributed by atoms with E-state index in [1.807, 2.05) is 48.5 Å². The number of benzene rings is 2. The molecule has 110 valence electrons. The van der Waals surface area contributed by atoms with Crippen molar-refractivity contribution in [1.82, 2.24) is 4.98 Å². The molecule has 3 rings (SSSR count). The van der Waals surface area contributed by atoms with Crippen molar-refractivity contribution in [1.29, 1.82) is 0 Å². The molecule has 1 heterocycles. The van der Waals surface area contributed by atoms with E-state index in [0.29, 0.717) is 5.52 Å². The lowest BCUT2D eigenvalue weighted by Gasteiger charge is -1.96. The first-order chi connectivity index (χ1) is 10.7. The molecule has 0 fully saturated rings. The van der Waals surface area contributed by atoms with Gasteiger partial charge in [-0.3, -0.25) is 4.98 Å². The molecular formula is C17H15BClNO2. The van der Waals surface area contributed by atoms with Crippen molar-refractivity contribution in [2.45, 2.75) is 0 Å². The molecular weight excluding hydrogens is 296 g/mol. The molecule has 0 aliphatic heterocycles. The first-order valence-electron chi connectivity index (χ1n) is 6.76. The van der Waals surface area contributed by atoms with Crippen molar-refractivity contribution >= 4 is 36.1 Å². The number of pyridine rings is 1. The van der Waals surface area contributed by atoms with E-state index in [0.717, 1.165) is 16.0 Å². The van der Waals surface area contributed by atoms with Gasteiger partial charge in [-0.15, -0.1) is 0 Å². The molecule has 3 nitrogen and oxygen atoms in total. The van der Waals surface area contributed by atoms with Crippen LogP contribution in [-0.2, 0) is 0 Å². The number of aromatic hydroxyl groups is 1. The highest BCUT2D eigenvalue weighted by Gasteiger charge is 1.96. The summed E-state index contributed by atoms with van der Waals surface area (Å²) in [6.07, 6.45) is 3.51. The van der Waals surface area contributed by atoms with Gasteiger partial charge < -0.3 is 10.1 Å². The standard InChI is InChI=1S/C9H7NO.C8H8BClO/c11-8-5-1-3-7-4-2-6-10-9(7)8;10-8-3-1-7(2-4-8)5-6-9-11/h1-6,11H;1-6,9,11H. The van der Waals surface area contributed by atoms with E-state index < -0.39 is 0 Å². The fourth-order valence-corrected chi connectivity index (χ4v) is 1.98. The molecule has 3 aromatic rings. The van der Waals surface area contributed by atoms with Crippen molar-refractivity contribution in [3.63, 3.8) is 0 Å². The van der Waals surface area contributed by atoms with Crippen LogP contribution in [0.5, 0.6) is 5.75 Å². The molecule has 0 saturated carbocycles. The lowest BCUT2D eigenvalue weighted by molar-refractivity contribution is 0.480. The van der Waals surface area contributed by atoms with Crippen LogP contribution in [0.3, 0.4) is 0 Å². The molecule has 0 aliphatic carbocycles. The summed E-state index contributed by atoms with van der Waals surface area (Å²) >= 11 is 5.67. The number of nitrogens with zero attached hydrogens (tertiary/aromatic N) is 1. The second-order valence-electron chi connectivity index (χ2n) is 4.49. The van der Waals surface area contributed by atoms with E-state index in [1.54, 1.807) is 24.3 Å². The first kappa shape index (κ1) is 16.1. The van der Waals surface area contributed by atoms with Gasteiger partial charge in [0.2, 0.25) is 0 Å². The smallest absolute Gasteiger partial charge is 0.297 e. The van der Waals surface area contributed by atoms with Crippen LogP contribution in [0.15, 0.2) is 66.8 Å². The topological polar surface area (TPSA) is 53.4 Å². The zero-order chi connectivity index (χ0) is 15.8. The molecule has 2 N–H and O–H groups in total. The number of aromatic nitrogens is 1. The van der Waals surface area contributed by atoms with E-state index in [1.165, 1.54) is 0 Å². The number of hydrogen-bond acceptors (Lipinski definition) is 3. The van der Waals surface area contributed by atoms with E-state index in [-0.39, 0.29) is 13.2 Å². The van der Waals surface area contributed by atoms with Crippen LogP contribution in [0.2, 0.25) is 5.02 Å². The van der Waals surface area contributed by atoms with Crippen LogP contribution in [0, 0.1) is 0 Å². The van der Waals surface area contributed by atoms with Gasteiger partial charge in [0, 0.05) is 16.6 Å². The number of fused-ring (bicyclic) bond motifs is 1. The summed E-state index contributed by atoms with van der Waals surface area (Å²) in [5.74, 6) is 1.92. The largest absolute Gasteiger partial charge is 0.506 e. The maximum Gasteiger partial charge on any atom is 0.297 e. The fourth-order valence-electron chi connectivity index (χ4n) is 1.85. The molecule has 22 heavy (non-hydrogen) atoms. The Morgan fingerprint density at radius 1 is 1.00 bits per heavy atom. The van der Waals surface area contributed by atoms with E-state index in [9.17, 15) is 5.11 Å². The summed E-state index contributed by atoms with van der Waals surface area (Å²) in [7, 11) is 0.0721. The minimum Gasteiger partial charge on any atom is -0.506 e. The molecule has 0 atom stereocenters. The van der Waals surface area contributed by atoms with Gasteiger partial charge in [-0.1, -0.05) is 54.0 Å². The van der Waals surface area contributed by atoms with Crippen molar-refractivity contribution in [2.24, 2.45) is 0 Å². The predicted molar refractivity (Wildman–Crippen MR) is 93.3 cm³/mol. The van der Waals surface area contributed by atoms with E-state index >= 15 is 0 Å². The Balaban J connectivity index is 0.000000160. The summed E-state index contributed by atoms with van der Waals surface area (Å²) in [5, 5.41) is 19.5. The first-order valence-corrected chi connectivity index (χ1v) is 7.14. The Labute approximate surface area is 134 Å². The number of halogens is 1. The summed E-state index contributed by atoms with van der Waals surface area (Å²) in [6.45, 7) is 0. The third kappa shape index (κ3) is 4.62. The van der Waals surface area contributed by atoms with E-state index in [2.05, 4.69) is 4.98 Å². The summed E-state index contributed by atoms with van der Waals surface area (Å²) in [4.78, 5) is 4.03. The molecule has 0 bridgehead atoms. The summed E-state index contributed by atoms with van der Waals surface area (Å²) in [5.41, 5.74) is 1.71. The lowest BCUT2D eigenvalue weighted by atomic mass is 10.0. The van der Waals surface area contributed by atoms with Crippen molar-refractivity contribution in [3.05, 3.63) is 77.4 Å². The minimum absolute atomic E-state index is 0.0721. The molecule has 2 aromatic carbocycles. The van der Waals surface area contributed by atoms with Gasteiger partial charge in [-0.05, 0) is 29.8 Å². The number of phenols is 1. The highest BCUT2D eigenvalue weighted by Crippen LogP contribution is 2.20. The van der Waals surface area contributed by atoms with Crippen molar-refractivity contribution < 1.29 is 10.1 Å². The second kappa shape index (κ2) is 8.22. The fraction of sp³-hybridized carbons (Fsp3) is 0. The Hall–Kier alpha value is -2.30. The average Bonchev–Trinajstić information content (AvgIpc) is 2.56. The molecule has 0 unspecified atom stereocenters. The van der Waals surface area contributed by atoms with Gasteiger partial charge in [-0.25, -0.2) is 0 Å². The van der Waals surface area contributed by atoms with Gasteiger partial charge in [0.1, 0.15) is 11.3 Å². The Morgan fingerprint density at radius 2 is 1.73 bits per heavy atom. The van der Waals surface area contributed by atoms with Gasteiger partial charge >= 0.3 is 0 Å². The van der Waals surface area contributed by atoms with Gasteiger partial charge in [0.05, 0.1) is 0 Å². The third-order valence-electron chi connectivity index (χ3n) is 2.90. The van der Waals surface area contributed by atoms with Crippen LogP contribution in [0.25, 0.3) is 17.0 Å². The molecule has 0 saturated heterocycles. The minimum atomic E-state index is 0.0721. The quantitative estimate of drug-likeness (QED) is 0.711. The van der Waals surface area contributed by atoms with Crippen molar-refractivity contribution in [3.8, 4) is 5.75 Å². The highest BCUT2D eigenvalue weighted by molar-refractivity contribution is 6.34. The molecule has 0 amide bonds. The van der Waals surface area contributed by atoms with Crippen LogP contribution < -0.4 is 0 Å². The van der Waals surface area contributed by atoms with Crippen molar-refractivity contribution in [2.75, 3.05) is 0 Å². The number of rotatable bonds is 2. The molecule has 5 heteroatoms. The monoisotopic (exact) mass is 311 g/mol. The number of hydrogen-bond donors (Lipinski definition) is 2. The maximum atomic E-state index is 9.31. The normalized spacial score (nSPS) is 10.3. The Kier molecular flexibility index (Phi) is 6.01. The van der Waals surface area contributed by atoms with Crippen LogP contribution in [0.1, 0.15) is 5.56 Å². The zero-order valence-electron chi connectivity index (χ0n) is 11.9. The maximum absolute atomic E-state index is 9.31. The second-order valence-corrected chi connectivity index (χ2v) is 4.93. The number of phenolic OH excluding ortho intramolecular Hbond substituents is 1. The van der Waals surface area contributed by atoms with Gasteiger partial charge in [-0.2, -0.15) is 0 Å². The van der Waals surface area contributed by atoms with Crippen LogP contribution in [-0.4, -0.2) is 22.6 Å². The Morgan fingerprint density at radius 3 is 2.41 bits per heavy atom. The summed E-state index contributed by atoms with van der Waals surface area (Å²) < 4.78 is 0. The van der Waals surface area contributed by atoms with Crippen LogP contribution >= 0.6 is 11.6 Å². The molecule has 1 aromatic heterocycles. The summed E-state index contributed by atoms with van der Waals surface area (Å²) in [6, 6.07) is 16.6. The zero-order valence-corrected chi connectivity index (χ0v) is 12.6. The molecule has 0 spiro atoms. The number of para-hydroxylation sites is 1. The SMILES string of the molecule is OBC=Cc1ccc(Cl)cc1.Oc1cccc2cccnc12. The molecule has 0 aliphatic rings. The lowest BCUT2D eigenvalue weighted by Crippen LogP contribution is -1.77. The molecule has 0 radical (unpaired) electrons. The van der Waals surface area contributed by atoms with Gasteiger partial charge in [0.25, 0.3) is 7.48 Å². The van der Waals surface area contributed by atoms with E-state index in [4.69, 9.17) is 16.6 Å². The Bertz CT molecular complexity index is 755. The van der Waals surface area contributed by atoms with Crippen LogP contribution in [0.4, 0.5) is 0 Å². The van der Waals surface area contributed by atoms with Gasteiger partial charge in [0.15, 0.2) is 0 Å².